The van der Waals surface area contributed by atoms with Gasteiger partial charge in [-0.1, -0.05) is 49.4 Å². The smallest absolute Gasteiger partial charge is 0.276 e. The minimum Gasteiger partial charge on any atom is -0.381 e. The van der Waals surface area contributed by atoms with E-state index in [0.717, 1.165) is 21.5 Å². The molecule has 0 aliphatic heterocycles. The van der Waals surface area contributed by atoms with Crippen molar-refractivity contribution in [3.05, 3.63) is 70.9 Å². The molecule has 0 aliphatic carbocycles. The van der Waals surface area contributed by atoms with Gasteiger partial charge in [0.15, 0.2) is 6.10 Å². The number of amides is 2. The molecule has 8 heteroatoms. The van der Waals surface area contributed by atoms with Gasteiger partial charge in [0.1, 0.15) is 5.69 Å². The van der Waals surface area contributed by atoms with E-state index in [1.54, 1.807) is 24.3 Å². The molecule has 7 nitrogen and oxygen atoms in total. The van der Waals surface area contributed by atoms with Crippen LogP contribution in [0.3, 0.4) is 0 Å². The van der Waals surface area contributed by atoms with Crippen molar-refractivity contribution in [3.63, 3.8) is 0 Å². The second-order valence-corrected chi connectivity index (χ2v) is 7.08. The molecule has 0 saturated carbocycles. The van der Waals surface area contributed by atoms with E-state index in [4.69, 9.17) is 16.4 Å². The Morgan fingerprint density at radius 1 is 1.20 bits per heavy atom. The van der Waals surface area contributed by atoms with Crippen LogP contribution in [0.5, 0.6) is 0 Å². The lowest BCUT2D eigenvalue weighted by Gasteiger charge is -2.26. The number of nitrogens with one attached hydrogen (secondary N) is 2. The molecule has 2 amide bonds. The van der Waals surface area contributed by atoms with Crippen molar-refractivity contribution in [2.24, 2.45) is 0 Å². The lowest BCUT2D eigenvalue weighted by molar-refractivity contribution is -0.179. The van der Waals surface area contributed by atoms with Crippen molar-refractivity contribution in [2.75, 3.05) is 14.2 Å². The number of H-pyrrole nitrogens is 1. The zero-order valence-electron chi connectivity index (χ0n) is 16.1. The Morgan fingerprint density at radius 2 is 1.90 bits per heavy atom. The number of hydroxylamine groups is 2. The summed E-state index contributed by atoms with van der Waals surface area (Å²) in [5.74, 6) is -1.10. The second-order valence-electron chi connectivity index (χ2n) is 6.65. The predicted molar refractivity (Wildman–Crippen MR) is 117 cm³/mol. The second kappa shape index (κ2) is 10.2. The fourth-order valence-corrected chi connectivity index (χ4v) is 3.21. The molecule has 3 N–H and O–H groups in total. The Morgan fingerprint density at radius 3 is 2.57 bits per heavy atom. The molecule has 0 saturated heterocycles. The third kappa shape index (κ3) is 5.38. The Bertz CT molecular complexity index is 1010. The maximum Gasteiger partial charge on any atom is 0.276 e. The fourth-order valence-electron chi connectivity index (χ4n) is 3.03. The summed E-state index contributed by atoms with van der Waals surface area (Å²) in [5.41, 5.74) is 1.93. The summed E-state index contributed by atoms with van der Waals surface area (Å²) in [6.45, 7) is 0. The minimum atomic E-state index is -1.48. The summed E-state index contributed by atoms with van der Waals surface area (Å²) < 4.78 is 0. The van der Waals surface area contributed by atoms with Crippen LogP contribution in [-0.2, 0) is 16.1 Å². The van der Waals surface area contributed by atoms with Gasteiger partial charge in [0.25, 0.3) is 11.8 Å². The van der Waals surface area contributed by atoms with Crippen LogP contribution in [0.1, 0.15) is 23.5 Å². The Hall–Kier alpha value is -2.87. The van der Waals surface area contributed by atoms with Gasteiger partial charge in [0.2, 0.25) is 0 Å². The standard InChI is InChI=1S/C21H22ClN3O4.CH4/c1-25(29-2)21(28)19(26)17(10-13-6-4-3-5-7-13)24-20(27)18-12-14-11-15(22)8-9-16(14)23-18;/h3-9,11-12,17,19,23,26H,10H2,1-2H3,(H,24,27);1H4/t17?,19-;/m1./s1. The molecule has 2 aromatic carbocycles. The molecule has 1 aromatic heterocycles. The number of fused-ring (bicyclic) bond motifs is 1. The van der Waals surface area contributed by atoms with Crippen LogP contribution in [0, 0.1) is 0 Å². The van der Waals surface area contributed by atoms with Gasteiger partial charge in [-0.25, -0.2) is 5.06 Å². The number of hydrogen-bond donors (Lipinski definition) is 3. The van der Waals surface area contributed by atoms with E-state index in [1.807, 2.05) is 30.3 Å². The number of aromatic amines is 1. The molecule has 0 radical (unpaired) electrons. The van der Waals surface area contributed by atoms with E-state index >= 15 is 0 Å². The van der Waals surface area contributed by atoms with Gasteiger partial charge in [0, 0.05) is 23.0 Å². The fraction of sp³-hybridized carbons (Fsp3) is 0.273. The SMILES string of the molecule is C.CON(C)C(=O)[C@H](O)C(Cc1ccccc1)NC(=O)c1cc2cc(Cl)ccc2[nH]1. The number of nitrogens with zero attached hydrogens (tertiary/aromatic N) is 1. The highest BCUT2D eigenvalue weighted by Gasteiger charge is 2.31. The molecule has 1 unspecified atom stereocenters. The molecule has 3 rings (SSSR count). The number of aliphatic hydroxyl groups excluding tert-OH is 1. The van der Waals surface area contributed by atoms with Crippen molar-refractivity contribution in [3.8, 4) is 0 Å². The van der Waals surface area contributed by atoms with E-state index in [9.17, 15) is 14.7 Å². The summed E-state index contributed by atoms with van der Waals surface area (Å²) in [5, 5.41) is 15.6. The highest BCUT2D eigenvalue weighted by molar-refractivity contribution is 6.31. The Labute approximate surface area is 180 Å². The first kappa shape index (κ1) is 23.4. The highest BCUT2D eigenvalue weighted by atomic mass is 35.5. The number of likely N-dealkylation sites (N-methyl/N-ethyl adjacent to an activating group) is 1. The van der Waals surface area contributed by atoms with Crippen LogP contribution < -0.4 is 5.32 Å². The third-order valence-corrected chi connectivity index (χ3v) is 4.90. The minimum absolute atomic E-state index is 0. The summed E-state index contributed by atoms with van der Waals surface area (Å²) in [7, 11) is 2.72. The van der Waals surface area contributed by atoms with Crippen LogP contribution in [0.15, 0.2) is 54.6 Å². The molecule has 1 heterocycles. The molecule has 160 valence electrons. The number of aliphatic hydroxyl groups is 1. The summed E-state index contributed by atoms with van der Waals surface area (Å²) >= 11 is 6.00. The van der Waals surface area contributed by atoms with Crippen molar-refractivity contribution in [1.82, 2.24) is 15.4 Å². The van der Waals surface area contributed by atoms with E-state index in [-0.39, 0.29) is 13.8 Å². The summed E-state index contributed by atoms with van der Waals surface area (Å²) in [6.07, 6.45) is -1.22. The number of benzene rings is 2. The molecule has 0 bridgehead atoms. The van der Waals surface area contributed by atoms with Crippen LogP contribution in [-0.4, -0.2) is 53.3 Å². The first-order chi connectivity index (χ1) is 13.9. The molecular formula is C22H26ClN3O4. The highest BCUT2D eigenvalue weighted by Crippen LogP contribution is 2.20. The van der Waals surface area contributed by atoms with Crippen molar-refractivity contribution >= 4 is 34.3 Å². The van der Waals surface area contributed by atoms with Crippen molar-refractivity contribution in [1.29, 1.82) is 0 Å². The van der Waals surface area contributed by atoms with Gasteiger partial charge in [-0.2, -0.15) is 0 Å². The largest absolute Gasteiger partial charge is 0.381 e. The van der Waals surface area contributed by atoms with Crippen molar-refractivity contribution < 1.29 is 19.5 Å². The topological polar surface area (TPSA) is 94.7 Å². The predicted octanol–water partition coefficient (Wildman–Crippen LogP) is 3.18. The molecule has 0 spiro atoms. The number of halogens is 1. The molecule has 3 aromatic rings. The maximum absolute atomic E-state index is 12.8. The quantitative estimate of drug-likeness (QED) is 0.501. The van der Waals surface area contributed by atoms with Gasteiger partial charge in [0.05, 0.1) is 13.2 Å². The molecule has 0 aliphatic rings. The van der Waals surface area contributed by atoms with E-state index in [0.29, 0.717) is 10.7 Å². The first-order valence-corrected chi connectivity index (χ1v) is 9.39. The normalized spacial score (nSPS) is 12.7. The first-order valence-electron chi connectivity index (χ1n) is 9.02. The van der Waals surface area contributed by atoms with Crippen molar-refractivity contribution in [2.45, 2.75) is 26.0 Å². The van der Waals surface area contributed by atoms with Gasteiger partial charge >= 0.3 is 0 Å². The number of hydrogen-bond acceptors (Lipinski definition) is 4. The van der Waals surface area contributed by atoms with Gasteiger partial charge < -0.3 is 15.4 Å². The monoisotopic (exact) mass is 431 g/mol. The number of carbonyl (C=O) groups is 2. The van der Waals surface area contributed by atoms with Crippen LogP contribution in [0.4, 0.5) is 0 Å². The van der Waals surface area contributed by atoms with E-state index in [1.165, 1.54) is 14.2 Å². The van der Waals surface area contributed by atoms with Crippen LogP contribution in [0.2, 0.25) is 5.02 Å². The number of rotatable bonds is 7. The van der Waals surface area contributed by atoms with Gasteiger partial charge in [-0.05, 0) is 36.2 Å². The molecular weight excluding hydrogens is 406 g/mol. The Kier molecular flexibility index (Phi) is 8.00. The molecule has 2 atom stereocenters. The molecule has 0 fully saturated rings. The van der Waals surface area contributed by atoms with Gasteiger partial charge in [-0.15, -0.1) is 0 Å². The van der Waals surface area contributed by atoms with Crippen LogP contribution >= 0.6 is 11.6 Å². The average molecular weight is 432 g/mol. The maximum atomic E-state index is 12.8. The summed E-state index contributed by atoms with van der Waals surface area (Å²) in [4.78, 5) is 33.1. The number of aromatic nitrogens is 1. The zero-order valence-corrected chi connectivity index (χ0v) is 16.8. The lowest BCUT2D eigenvalue weighted by Crippen LogP contribution is -2.51. The zero-order chi connectivity index (χ0) is 21.0. The third-order valence-electron chi connectivity index (χ3n) is 4.66. The van der Waals surface area contributed by atoms with Crippen LogP contribution in [0.25, 0.3) is 10.9 Å². The molecule has 30 heavy (non-hydrogen) atoms. The average Bonchev–Trinajstić information content (AvgIpc) is 3.15. The lowest BCUT2D eigenvalue weighted by atomic mass is 10.0. The summed E-state index contributed by atoms with van der Waals surface area (Å²) in [6, 6.07) is 15.4. The van der Waals surface area contributed by atoms with E-state index in [2.05, 4.69) is 10.3 Å². The number of carbonyl (C=O) groups excluding carboxylic acids is 2. The Balaban J connectivity index is 0.00000320. The van der Waals surface area contributed by atoms with E-state index < -0.39 is 24.0 Å². The van der Waals surface area contributed by atoms with Gasteiger partial charge in [-0.3, -0.25) is 14.4 Å².